The highest BCUT2D eigenvalue weighted by molar-refractivity contribution is 6.09. The Bertz CT molecular complexity index is 1030. The van der Waals surface area contributed by atoms with Gasteiger partial charge in [0.2, 0.25) is 0 Å². The topological polar surface area (TPSA) is 66.8 Å². The van der Waals surface area contributed by atoms with E-state index in [1.54, 1.807) is 17.0 Å². The number of Topliss-reactive ketones (excluding diaryl/α,β-unsaturated/α-hetero) is 1. The van der Waals surface area contributed by atoms with Crippen LogP contribution in [0.3, 0.4) is 0 Å². The molecule has 140 valence electrons. The molecule has 0 spiro atoms. The Hall–Kier alpha value is -3.44. The minimum Gasteiger partial charge on any atom is -0.454 e. The molecular formula is C23H19NO4. The molecule has 0 bridgehead atoms. The van der Waals surface area contributed by atoms with E-state index >= 15 is 0 Å². The lowest BCUT2D eigenvalue weighted by Gasteiger charge is -2.22. The van der Waals surface area contributed by atoms with E-state index in [-0.39, 0.29) is 18.1 Å². The lowest BCUT2D eigenvalue weighted by Crippen LogP contribution is -2.29. The van der Waals surface area contributed by atoms with Crippen LogP contribution in [0.25, 0.3) is 0 Å². The highest BCUT2D eigenvalue weighted by atomic mass is 16.5. The molecule has 3 aromatic rings. The van der Waals surface area contributed by atoms with E-state index in [1.165, 1.54) is 0 Å². The average molecular weight is 373 g/mol. The van der Waals surface area contributed by atoms with E-state index in [0.717, 1.165) is 11.1 Å². The summed E-state index contributed by atoms with van der Waals surface area (Å²) in [7, 11) is 0. The summed E-state index contributed by atoms with van der Waals surface area (Å²) in [5, 5.41) is 8.89. The van der Waals surface area contributed by atoms with Crippen molar-refractivity contribution in [1.82, 2.24) is 0 Å². The summed E-state index contributed by atoms with van der Waals surface area (Å²) in [5.41, 5.74) is 2.99. The Balaban J connectivity index is 1.66. The molecule has 1 amide bonds. The number of hydrogen-bond donors (Lipinski definition) is 1. The lowest BCUT2D eigenvalue weighted by atomic mass is 10.1. The molecule has 0 unspecified atom stereocenters. The third kappa shape index (κ3) is 3.52. The van der Waals surface area contributed by atoms with E-state index < -0.39 is 6.61 Å². The summed E-state index contributed by atoms with van der Waals surface area (Å²) in [6.07, 6.45) is 0.198. The fourth-order valence-corrected chi connectivity index (χ4v) is 3.26. The Labute approximate surface area is 162 Å². The molecule has 5 nitrogen and oxygen atoms in total. The standard InChI is InChI=1S/C23H19NO4/c25-15-18(26)13-16-9-11-17(12-10-16)14-24-20-6-2-4-8-22(20)28-21-7-3-1-5-19(21)23(24)27/h1-12,25H,13-15H2. The van der Waals surface area contributed by atoms with Gasteiger partial charge < -0.3 is 14.7 Å². The van der Waals surface area contributed by atoms with E-state index in [0.29, 0.717) is 29.3 Å². The molecule has 0 saturated carbocycles. The third-order valence-corrected chi connectivity index (χ3v) is 4.68. The summed E-state index contributed by atoms with van der Waals surface area (Å²) in [4.78, 5) is 26.3. The van der Waals surface area contributed by atoms with Gasteiger partial charge in [-0.3, -0.25) is 9.59 Å². The predicted molar refractivity (Wildman–Crippen MR) is 106 cm³/mol. The van der Waals surface area contributed by atoms with Gasteiger partial charge in [-0.25, -0.2) is 0 Å². The number of hydrogen-bond acceptors (Lipinski definition) is 4. The van der Waals surface area contributed by atoms with E-state index in [9.17, 15) is 9.59 Å². The third-order valence-electron chi connectivity index (χ3n) is 4.68. The Morgan fingerprint density at radius 2 is 1.50 bits per heavy atom. The zero-order valence-electron chi connectivity index (χ0n) is 15.2. The second kappa shape index (κ2) is 7.66. The average Bonchev–Trinajstić information content (AvgIpc) is 2.84. The molecule has 0 aromatic heterocycles. The smallest absolute Gasteiger partial charge is 0.262 e. The van der Waals surface area contributed by atoms with Crippen molar-refractivity contribution in [2.24, 2.45) is 0 Å². The Kier molecular flexibility index (Phi) is 4.91. The second-order valence-corrected chi connectivity index (χ2v) is 6.65. The SMILES string of the molecule is O=C(CO)Cc1ccc(CN2C(=O)c3ccccc3Oc3ccccc32)cc1. The molecule has 4 rings (SSSR count). The quantitative estimate of drug-likeness (QED) is 0.740. The number of ketones is 1. The van der Waals surface area contributed by atoms with Crippen LogP contribution in [0.15, 0.2) is 72.8 Å². The summed E-state index contributed by atoms with van der Waals surface area (Å²) < 4.78 is 5.99. The molecule has 0 fully saturated rings. The first-order valence-corrected chi connectivity index (χ1v) is 9.04. The van der Waals surface area contributed by atoms with Gasteiger partial charge in [0.25, 0.3) is 5.91 Å². The first-order chi connectivity index (χ1) is 13.7. The number of aliphatic hydroxyl groups is 1. The largest absolute Gasteiger partial charge is 0.454 e. The second-order valence-electron chi connectivity index (χ2n) is 6.65. The van der Waals surface area contributed by atoms with Gasteiger partial charge in [0.05, 0.1) is 17.8 Å². The molecule has 1 N–H and O–H groups in total. The van der Waals surface area contributed by atoms with Crippen LogP contribution in [0.2, 0.25) is 0 Å². The van der Waals surface area contributed by atoms with Crippen LogP contribution in [-0.2, 0) is 17.8 Å². The van der Waals surface area contributed by atoms with Gasteiger partial charge in [-0.05, 0) is 35.4 Å². The number of anilines is 1. The van der Waals surface area contributed by atoms with Crippen LogP contribution in [-0.4, -0.2) is 23.4 Å². The number of rotatable bonds is 5. The predicted octanol–water partition coefficient (Wildman–Crippen LogP) is 3.74. The summed E-state index contributed by atoms with van der Waals surface area (Å²) in [5.74, 6) is 0.824. The minimum absolute atomic E-state index is 0.125. The van der Waals surface area contributed by atoms with Gasteiger partial charge in [0.1, 0.15) is 12.4 Å². The lowest BCUT2D eigenvalue weighted by molar-refractivity contribution is -0.121. The number of fused-ring (bicyclic) bond motifs is 2. The molecule has 1 aliphatic rings. The zero-order valence-corrected chi connectivity index (χ0v) is 15.2. The van der Waals surface area contributed by atoms with Gasteiger partial charge in [-0.2, -0.15) is 0 Å². The zero-order chi connectivity index (χ0) is 19.5. The van der Waals surface area contributed by atoms with Gasteiger partial charge >= 0.3 is 0 Å². The number of carbonyl (C=O) groups excluding carboxylic acids is 2. The number of aliphatic hydroxyl groups excluding tert-OH is 1. The molecule has 0 radical (unpaired) electrons. The van der Waals surface area contributed by atoms with Crippen molar-refractivity contribution in [3.05, 3.63) is 89.5 Å². The molecular weight excluding hydrogens is 354 g/mol. The van der Waals surface area contributed by atoms with Gasteiger partial charge in [-0.15, -0.1) is 0 Å². The van der Waals surface area contributed by atoms with Crippen LogP contribution in [0.4, 0.5) is 5.69 Å². The van der Waals surface area contributed by atoms with Gasteiger partial charge in [0.15, 0.2) is 11.5 Å². The van der Waals surface area contributed by atoms with Gasteiger partial charge in [-0.1, -0.05) is 48.5 Å². The maximum absolute atomic E-state index is 13.2. The molecule has 0 aliphatic carbocycles. The molecule has 3 aromatic carbocycles. The molecule has 0 atom stereocenters. The normalized spacial score (nSPS) is 12.6. The summed E-state index contributed by atoms with van der Waals surface area (Å²) in [6.45, 7) is -0.0814. The van der Waals surface area contributed by atoms with Crippen LogP contribution < -0.4 is 9.64 Å². The van der Waals surface area contributed by atoms with Crippen molar-refractivity contribution in [2.75, 3.05) is 11.5 Å². The number of amides is 1. The van der Waals surface area contributed by atoms with Crippen LogP contribution in [0, 0.1) is 0 Å². The van der Waals surface area contributed by atoms with Crippen molar-refractivity contribution in [1.29, 1.82) is 0 Å². The van der Waals surface area contributed by atoms with Crippen molar-refractivity contribution >= 4 is 17.4 Å². The van der Waals surface area contributed by atoms with E-state index in [2.05, 4.69) is 0 Å². The van der Waals surface area contributed by atoms with Crippen LogP contribution in [0.5, 0.6) is 11.5 Å². The number of para-hydroxylation sites is 3. The number of ether oxygens (including phenoxy) is 1. The first kappa shape index (κ1) is 17.9. The van der Waals surface area contributed by atoms with Crippen molar-refractivity contribution < 1.29 is 19.4 Å². The Morgan fingerprint density at radius 1 is 0.857 bits per heavy atom. The molecule has 1 aliphatic heterocycles. The molecule has 5 heteroatoms. The maximum Gasteiger partial charge on any atom is 0.262 e. The molecule has 1 heterocycles. The van der Waals surface area contributed by atoms with Crippen molar-refractivity contribution in [3.63, 3.8) is 0 Å². The Morgan fingerprint density at radius 3 is 2.25 bits per heavy atom. The fraction of sp³-hybridized carbons (Fsp3) is 0.130. The molecule has 28 heavy (non-hydrogen) atoms. The van der Waals surface area contributed by atoms with Crippen molar-refractivity contribution in [3.8, 4) is 11.5 Å². The minimum atomic E-state index is -0.458. The highest BCUT2D eigenvalue weighted by Gasteiger charge is 2.27. The van der Waals surface area contributed by atoms with E-state index in [1.807, 2.05) is 60.7 Å². The van der Waals surface area contributed by atoms with Gasteiger partial charge in [0, 0.05) is 6.42 Å². The maximum atomic E-state index is 13.2. The monoisotopic (exact) mass is 373 g/mol. The first-order valence-electron chi connectivity index (χ1n) is 9.04. The number of benzene rings is 3. The highest BCUT2D eigenvalue weighted by Crippen LogP contribution is 2.39. The number of nitrogens with zero attached hydrogens (tertiary/aromatic N) is 1. The fourth-order valence-electron chi connectivity index (χ4n) is 3.26. The van der Waals surface area contributed by atoms with Crippen molar-refractivity contribution in [2.45, 2.75) is 13.0 Å². The van der Waals surface area contributed by atoms with Crippen LogP contribution in [0.1, 0.15) is 21.5 Å². The van der Waals surface area contributed by atoms with E-state index in [4.69, 9.17) is 9.84 Å². The van der Waals surface area contributed by atoms with Crippen LogP contribution >= 0.6 is 0 Å². The number of carbonyl (C=O) groups is 2. The summed E-state index contributed by atoms with van der Waals surface area (Å²) in [6, 6.07) is 22.2. The molecule has 0 saturated heterocycles. The summed E-state index contributed by atoms with van der Waals surface area (Å²) >= 11 is 0.